The fourth-order valence-corrected chi connectivity index (χ4v) is 4.10. The minimum absolute atomic E-state index is 0.0353. The molecule has 0 saturated carbocycles. The van der Waals surface area contributed by atoms with Gasteiger partial charge in [-0.15, -0.1) is 0 Å². The number of ether oxygens (including phenoxy) is 1. The van der Waals surface area contributed by atoms with E-state index in [0.29, 0.717) is 18.6 Å². The smallest absolute Gasteiger partial charge is 0.214 e. The van der Waals surface area contributed by atoms with Gasteiger partial charge in [0.25, 0.3) is 0 Å². The summed E-state index contributed by atoms with van der Waals surface area (Å²) in [4.78, 5) is 11.6. The lowest BCUT2D eigenvalue weighted by Gasteiger charge is -2.21. The Morgan fingerprint density at radius 3 is 2.44 bits per heavy atom. The van der Waals surface area contributed by atoms with Crippen molar-refractivity contribution in [3.05, 3.63) is 59.7 Å². The molecule has 1 fully saturated rings. The number of benzene rings is 2. The van der Waals surface area contributed by atoms with Gasteiger partial charge in [-0.25, -0.2) is 13.1 Å². The Hall–Kier alpha value is -2.02. The lowest BCUT2D eigenvalue weighted by molar-refractivity contribution is 0.101. The molecule has 3 rings (SSSR count). The number of sulfonamides is 1. The number of Topliss-reactive ketones (excluding diaryl/α,β-unsaturated/α-hetero) is 1. The minimum Gasteiger partial charge on any atom is -0.372 e. The number of nitrogens with one attached hydrogen (secondary N) is 1. The number of ketones is 1. The van der Waals surface area contributed by atoms with Crippen LogP contribution < -0.4 is 4.72 Å². The predicted molar refractivity (Wildman–Crippen MR) is 106 cm³/mol. The van der Waals surface area contributed by atoms with E-state index >= 15 is 0 Å². The van der Waals surface area contributed by atoms with E-state index in [2.05, 4.69) is 4.72 Å². The first-order valence-electron chi connectivity index (χ1n) is 9.12. The second-order valence-corrected chi connectivity index (χ2v) is 9.43. The van der Waals surface area contributed by atoms with Crippen molar-refractivity contribution in [1.29, 1.82) is 0 Å². The van der Waals surface area contributed by atoms with Crippen LogP contribution in [0.2, 0.25) is 0 Å². The Morgan fingerprint density at radius 2 is 1.81 bits per heavy atom. The second kappa shape index (κ2) is 7.92. The van der Waals surface area contributed by atoms with Crippen molar-refractivity contribution >= 4 is 15.8 Å². The number of carbonyl (C=O) groups is 1. The predicted octanol–water partition coefficient (Wildman–Crippen LogP) is 3.71. The van der Waals surface area contributed by atoms with E-state index < -0.39 is 15.3 Å². The fourth-order valence-electron chi connectivity index (χ4n) is 3.17. The van der Waals surface area contributed by atoms with Crippen LogP contribution in [0.3, 0.4) is 0 Å². The number of carbonyl (C=O) groups excluding carboxylic acids is 1. The van der Waals surface area contributed by atoms with Crippen LogP contribution in [0.5, 0.6) is 0 Å². The van der Waals surface area contributed by atoms with E-state index in [4.69, 9.17) is 4.74 Å². The first-order valence-corrected chi connectivity index (χ1v) is 10.7. The van der Waals surface area contributed by atoms with Gasteiger partial charge in [0.05, 0.1) is 17.4 Å². The van der Waals surface area contributed by atoms with Gasteiger partial charge < -0.3 is 4.74 Å². The fraction of sp³-hybridized carbons (Fsp3) is 0.381. The van der Waals surface area contributed by atoms with E-state index in [1.54, 1.807) is 26.8 Å². The van der Waals surface area contributed by atoms with Crippen LogP contribution in [0, 0.1) is 0 Å². The summed E-state index contributed by atoms with van der Waals surface area (Å²) in [5.74, 6) is 0.0353. The topological polar surface area (TPSA) is 72.5 Å². The molecule has 1 aliphatic heterocycles. The Bertz CT molecular complexity index is 919. The third kappa shape index (κ3) is 4.46. The van der Waals surface area contributed by atoms with E-state index in [1.807, 2.05) is 42.5 Å². The highest BCUT2D eigenvalue weighted by molar-refractivity contribution is 7.90. The molecule has 0 spiro atoms. The van der Waals surface area contributed by atoms with Crippen molar-refractivity contribution in [2.75, 3.05) is 6.61 Å². The van der Waals surface area contributed by atoms with Gasteiger partial charge in [0.2, 0.25) is 10.0 Å². The normalized spacial score (nSPS) is 20.1. The summed E-state index contributed by atoms with van der Waals surface area (Å²) in [6.07, 6.45) is 0.357. The molecule has 1 aliphatic rings. The zero-order chi connectivity index (χ0) is 19.6. The van der Waals surface area contributed by atoms with E-state index in [1.165, 1.54) is 0 Å². The molecule has 0 amide bonds. The van der Waals surface area contributed by atoms with E-state index in [0.717, 1.165) is 16.7 Å². The van der Waals surface area contributed by atoms with Gasteiger partial charge in [-0.1, -0.05) is 42.5 Å². The van der Waals surface area contributed by atoms with Crippen molar-refractivity contribution < 1.29 is 17.9 Å². The molecule has 1 N–H and O–H groups in total. The van der Waals surface area contributed by atoms with Gasteiger partial charge in [-0.2, -0.15) is 0 Å². The lowest BCUT2D eigenvalue weighted by atomic mass is 9.97. The molecule has 0 aromatic heterocycles. The van der Waals surface area contributed by atoms with Crippen LogP contribution in [-0.2, 0) is 14.8 Å². The monoisotopic (exact) mass is 387 g/mol. The third-order valence-electron chi connectivity index (χ3n) is 4.87. The maximum absolute atomic E-state index is 12.2. The molecule has 2 atom stereocenters. The van der Waals surface area contributed by atoms with Gasteiger partial charge in [0.1, 0.15) is 0 Å². The maximum Gasteiger partial charge on any atom is 0.214 e. The molecule has 2 aromatic carbocycles. The highest BCUT2D eigenvalue weighted by atomic mass is 32.2. The van der Waals surface area contributed by atoms with Crippen molar-refractivity contribution in [1.82, 2.24) is 4.72 Å². The molecule has 5 nitrogen and oxygen atoms in total. The van der Waals surface area contributed by atoms with Crippen molar-refractivity contribution in [3.63, 3.8) is 0 Å². The maximum atomic E-state index is 12.2. The van der Waals surface area contributed by atoms with Crippen LogP contribution in [0.4, 0.5) is 0 Å². The molecule has 0 bridgehead atoms. The van der Waals surface area contributed by atoms with Gasteiger partial charge in [0.15, 0.2) is 5.78 Å². The number of rotatable bonds is 6. The summed E-state index contributed by atoms with van der Waals surface area (Å²) in [6.45, 7) is 5.41. The zero-order valence-electron chi connectivity index (χ0n) is 15.8. The van der Waals surface area contributed by atoms with Crippen LogP contribution in [0.15, 0.2) is 48.5 Å². The highest BCUT2D eigenvalue weighted by Gasteiger charge is 2.33. The van der Waals surface area contributed by atoms with Gasteiger partial charge in [-0.05, 0) is 49.9 Å². The molecule has 2 unspecified atom stereocenters. The minimum atomic E-state index is -3.35. The lowest BCUT2D eigenvalue weighted by Crippen LogP contribution is -2.40. The molecule has 0 aliphatic carbocycles. The van der Waals surface area contributed by atoms with Crippen LogP contribution in [-0.4, -0.2) is 32.1 Å². The highest BCUT2D eigenvalue weighted by Crippen LogP contribution is 2.31. The number of hydrogen-bond acceptors (Lipinski definition) is 4. The van der Waals surface area contributed by atoms with Crippen LogP contribution >= 0.6 is 0 Å². The summed E-state index contributed by atoms with van der Waals surface area (Å²) in [7, 11) is -3.35. The standard InChI is InChI=1S/C21H25NO4S/c1-14(2)27(24,25)22-20-11-12-26-21(20)17-9-7-16(8-10-17)19-6-4-5-18(13-19)15(3)23/h4-10,13-14,20-22H,11-12H2,1-3H3. The quantitative estimate of drug-likeness (QED) is 0.767. The van der Waals surface area contributed by atoms with Crippen molar-refractivity contribution in [2.45, 2.75) is 44.6 Å². The molecule has 27 heavy (non-hydrogen) atoms. The Labute approximate surface area is 160 Å². The zero-order valence-corrected chi connectivity index (χ0v) is 16.6. The average molecular weight is 388 g/mol. The molecule has 6 heteroatoms. The summed E-state index contributed by atoms with van der Waals surface area (Å²) in [6, 6.07) is 15.1. The Balaban J connectivity index is 1.80. The second-order valence-electron chi connectivity index (χ2n) is 7.16. The summed E-state index contributed by atoms with van der Waals surface area (Å²) >= 11 is 0. The van der Waals surface area contributed by atoms with E-state index in [9.17, 15) is 13.2 Å². The Kier molecular flexibility index (Phi) is 5.79. The average Bonchev–Trinajstić information content (AvgIpc) is 3.09. The van der Waals surface area contributed by atoms with Gasteiger partial charge in [0, 0.05) is 12.2 Å². The molecule has 144 valence electrons. The van der Waals surface area contributed by atoms with E-state index in [-0.39, 0.29) is 17.9 Å². The van der Waals surface area contributed by atoms with Crippen molar-refractivity contribution in [3.8, 4) is 11.1 Å². The summed E-state index contributed by atoms with van der Waals surface area (Å²) in [5, 5.41) is -0.477. The molecule has 1 saturated heterocycles. The number of hydrogen-bond donors (Lipinski definition) is 1. The molecule has 1 heterocycles. The van der Waals surface area contributed by atoms with Crippen LogP contribution in [0.25, 0.3) is 11.1 Å². The van der Waals surface area contributed by atoms with Crippen molar-refractivity contribution in [2.24, 2.45) is 0 Å². The molecular weight excluding hydrogens is 362 g/mol. The van der Waals surface area contributed by atoms with Crippen LogP contribution in [0.1, 0.15) is 49.2 Å². The molecule has 0 radical (unpaired) electrons. The Morgan fingerprint density at radius 1 is 1.11 bits per heavy atom. The molecule has 2 aromatic rings. The van der Waals surface area contributed by atoms with Gasteiger partial charge >= 0.3 is 0 Å². The van der Waals surface area contributed by atoms with Gasteiger partial charge in [-0.3, -0.25) is 4.79 Å². The largest absolute Gasteiger partial charge is 0.372 e. The third-order valence-corrected chi connectivity index (χ3v) is 6.74. The summed E-state index contributed by atoms with van der Waals surface area (Å²) < 4.78 is 33.0. The first-order chi connectivity index (χ1) is 12.8. The summed E-state index contributed by atoms with van der Waals surface area (Å²) in [5.41, 5.74) is 3.59. The SMILES string of the molecule is CC(=O)c1cccc(-c2ccc(C3OCCC3NS(=O)(=O)C(C)C)cc2)c1. The first kappa shape index (κ1) is 19.7. The molecular formula is C21H25NO4S.